The van der Waals surface area contributed by atoms with Gasteiger partial charge in [0.25, 0.3) is 0 Å². The monoisotopic (exact) mass is 296 g/mol. The van der Waals surface area contributed by atoms with E-state index in [1.807, 2.05) is 6.07 Å². The van der Waals surface area contributed by atoms with Gasteiger partial charge in [0.1, 0.15) is 0 Å². The first-order valence-corrected chi connectivity index (χ1v) is 7.72. The van der Waals surface area contributed by atoms with E-state index in [2.05, 4.69) is 16.3 Å². The lowest BCUT2D eigenvalue weighted by molar-refractivity contribution is 0.244. The topological polar surface area (TPSA) is 33.7 Å². The van der Waals surface area contributed by atoms with Crippen LogP contribution in [0.5, 0.6) is 11.5 Å². The fourth-order valence-electron chi connectivity index (χ4n) is 2.65. The van der Waals surface area contributed by atoms with Gasteiger partial charge in [0, 0.05) is 39.1 Å². The molecule has 2 aliphatic rings. The third kappa shape index (κ3) is 3.19. The van der Waals surface area contributed by atoms with Crippen molar-refractivity contribution < 1.29 is 9.47 Å². The minimum Gasteiger partial charge on any atom is -0.490 e. The van der Waals surface area contributed by atoms with Crippen LogP contribution in [-0.2, 0) is 6.42 Å². The first-order chi connectivity index (χ1) is 9.84. The molecule has 0 bridgehead atoms. The van der Waals surface area contributed by atoms with E-state index in [1.165, 1.54) is 0 Å². The predicted molar refractivity (Wildman–Crippen MR) is 80.1 cm³/mol. The normalized spacial score (nSPS) is 19.6. The van der Waals surface area contributed by atoms with Gasteiger partial charge in [0.15, 0.2) is 11.5 Å². The van der Waals surface area contributed by atoms with Crippen molar-refractivity contribution in [2.45, 2.75) is 12.8 Å². The maximum atomic E-state index is 6.48. The lowest BCUT2D eigenvalue weighted by Crippen LogP contribution is -2.44. The van der Waals surface area contributed by atoms with Crippen molar-refractivity contribution >= 4 is 11.6 Å². The molecule has 4 nitrogen and oxygen atoms in total. The van der Waals surface area contributed by atoms with E-state index in [4.69, 9.17) is 21.1 Å². The molecule has 1 saturated heterocycles. The number of fused-ring (bicyclic) bond motifs is 1. The Morgan fingerprint density at radius 2 is 1.95 bits per heavy atom. The first kappa shape index (κ1) is 14.0. The average Bonchev–Trinajstić information content (AvgIpc) is 2.74. The van der Waals surface area contributed by atoms with Crippen molar-refractivity contribution in [3.05, 3.63) is 22.7 Å². The van der Waals surface area contributed by atoms with Crippen LogP contribution in [0.1, 0.15) is 12.0 Å². The number of piperazine rings is 1. The van der Waals surface area contributed by atoms with E-state index in [1.54, 1.807) is 0 Å². The maximum absolute atomic E-state index is 6.48. The molecule has 5 heteroatoms. The Balaban J connectivity index is 1.68. The highest BCUT2D eigenvalue weighted by atomic mass is 35.5. The van der Waals surface area contributed by atoms with E-state index in [9.17, 15) is 0 Å². The number of halogens is 1. The molecule has 20 heavy (non-hydrogen) atoms. The molecule has 0 radical (unpaired) electrons. The van der Waals surface area contributed by atoms with Gasteiger partial charge in [-0.3, -0.25) is 0 Å². The maximum Gasteiger partial charge on any atom is 0.180 e. The minimum absolute atomic E-state index is 0.675. The number of hydrogen-bond acceptors (Lipinski definition) is 4. The van der Waals surface area contributed by atoms with Crippen LogP contribution in [0.15, 0.2) is 12.1 Å². The van der Waals surface area contributed by atoms with Crippen molar-refractivity contribution in [3.63, 3.8) is 0 Å². The lowest BCUT2D eigenvalue weighted by Gasteiger charge is -2.27. The highest BCUT2D eigenvalue weighted by Crippen LogP contribution is 2.39. The van der Waals surface area contributed by atoms with E-state index >= 15 is 0 Å². The van der Waals surface area contributed by atoms with E-state index in [0.717, 1.165) is 67.7 Å². The fraction of sp³-hybridized carbons (Fsp3) is 0.600. The van der Waals surface area contributed by atoms with Crippen LogP contribution in [0.3, 0.4) is 0 Å². The summed E-state index contributed by atoms with van der Waals surface area (Å²) in [5.74, 6) is 1.50. The largest absolute Gasteiger partial charge is 0.490 e. The second-order valence-electron chi connectivity index (χ2n) is 5.26. The van der Waals surface area contributed by atoms with Crippen LogP contribution in [0.25, 0.3) is 0 Å². The van der Waals surface area contributed by atoms with Gasteiger partial charge in [-0.25, -0.2) is 0 Å². The van der Waals surface area contributed by atoms with E-state index in [-0.39, 0.29) is 0 Å². The summed E-state index contributed by atoms with van der Waals surface area (Å²) < 4.78 is 11.4. The Hall–Kier alpha value is -0.970. The Bertz CT molecular complexity index is 461. The predicted octanol–water partition coefficient (Wildman–Crippen LogP) is 1.95. The molecule has 1 fully saturated rings. The number of nitrogens with zero attached hydrogens (tertiary/aromatic N) is 1. The smallest absolute Gasteiger partial charge is 0.180 e. The highest BCUT2D eigenvalue weighted by Gasteiger charge is 2.18. The number of nitrogens with one attached hydrogen (secondary N) is 1. The molecule has 0 saturated carbocycles. The van der Waals surface area contributed by atoms with Crippen molar-refractivity contribution in [3.8, 4) is 11.5 Å². The molecule has 0 aliphatic carbocycles. The van der Waals surface area contributed by atoms with Crippen LogP contribution in [-0.4, -0.2) is 50.8 Å². The Morgan fingerprint density at radius 3 is 2.80 bits per heavy atom. The van der Waals surface area contributed by atoms with Crippen LogP contribution in [0, 0.1) is 0 Å². The van der Waals surface area contributed by atoms with Crippen molar-refractivity contribution in [1.29, 1.82) is 0 Å². The summed E-state index contributed by atoms with van der Waals surface area (Å²) in [5, 5.41) is 4.09. The second-order valence-corrected chi connectivity index (χ2v) is 5.64. The quantitative estimate of drug-likeness (QED) is 0.924. The van der Waals surface area contributed by atoms with Gasteiger partial charge in [-0.1, -0.05) is 17.7 Å². The summed E-state index contributed by atoms with van der Waals surface area (Å²) in [5.41, 5.74) is 1.15. The molecule has 1 N–H and O–H groups in total. The molecule has 0 atom stereocenters. The summed E-state index contributed by atoms with van der Waals surface area (Å²) in [6.45, 7) is 6.80. The molecule has 2 aliphatic heterocycles. The molecule has 2 heterocycles. The Kier molecular flexibility index (Phi) is 4.65. The van der Waals surface area contributed by atoms with Gasteiger partial charge in [0.05, 0.1) is 18.2 Å². The third-order valence-electron chi connectivity index (χ3n) is 3.84. The molecular formula is C15H21ClN2O2. The van der Waals surface area contributed by atoms with Crippen LogP contribution < -0.4 is 14.8 Å². The molecule has 0 aromatic heterocycles. The molecular weight excluding hydrogens is 276 g/mol. The highest BCUT2D eigenvalue weighted by molar-refractivity contribution is 6.33. The van der Waals surface area contributed by atoms with Gasteiger partial charge in [-0.05, 0) is 18.1 Å². The van der Waals surface area contributed by atoms with E-state index in [0.29, 0.717) is 13.2 Å². The zero-order valence-corrected chi connectivity index (χ0v) is 12.4. The van der Waals surface area contributed by atoms with Gasteiger partial charge in [-0.15, -0.1) is 0 Å². The van der Waals surface area contributed by atoms with Gasteiger partial charge >= 0.3 is 0 Å². The second kappa shape index (κ2) is 6.66. The summed E-state index contributed by atoms with van der Waals surface area (Å²) in [4.78, 5) is 2.47. The minimum atomic E-state index is 0.675. The summed E-state index contributed by atoms with van der Waals surface area (Å²) in [7, 11) is 0. The van der Waals surface area contributed by atoms with Crippen molar-refractivity contribution in [2.24, 2.45) is 0 Å². The van der Waals surface area contributed by atoms with Gasteiger partial charge in [0.2, 0.25) is 0 Å². The summed E-state index contributed by atoms with van der Waals surface area (Å²) >= 11 is 6.48. The summed E-state index contributed by atoms with van der Waals surface area (Å²) in [6.07, 6.45) is 1.86. The number of hydrogen-bond donors (Lipinski definition) is 1. The van der Waals surface area contributed by atoms with Crippen LogP contribution >= 0.6 is 11.6 Å². The van der Waals surface area contributed by atoms with Gasteiger partial charge in [-0.2, -0.15) is 0 Å². The number of ether oxygens (including phenoxy) is 2. The van der Waals surface area contributed by atoms with E-state index < -0.39 is 0 Å². The standard InChI is InChI=1S/C15H21ClN2O2/c16-14-12(4-7-18-8-5-17-6-9-18)2-3-13-15(14)20-11-1-10-19-13/h2-3,17H,1,4-11H2. The van der Waals surface area contributed by atoms with Crippen LogP contribution in [0.2, 0.25) is 5.02 Å². The van der Waals surface area contributed by atoms with Crippen molar-refractivity contribution in [2.75, 3.05) is 45.9 Å². The Morgan fingerprint density at radius 1 is 1.15 bits per heavy atom. The first-order valence-electron chi connectivity index (χ1n) is 7.34. The molecule has 0 spiro atoms. The van der Waals surface area contributed by atoms with Crippen LogP contribution in [0.4, 0.5) is 0 Å². The zero-order chi connectivity index (χ0) is 13.8. The van der Waals surface area contributed by atoms with Crippen molar-refractivity contribution in [1.82, 2.24) is 10.2 Å². The third-order valence-corrected chi connectivity index (χ3v) is 4.25. The average molecular weight is 297 g/mol. The molecule has 3 rings (SSSR count). The van der Waals surface area contributed by atoms with Gasteiger partial charge < -0.3 is 19.7 Å². The molecule has 110 valence electrons. The fourth-order valence-corrected chi connectivity index (χ4v) is 2.95. The number of rotatable bonds is 3. The molecule has 1 aromatic rings. The molecule has 0 unspecified atom stereocenters. The number of benzene rings is 1. The molecule has 1 aromatic carbocycles. The SMILES string of the molecule is Clc1c(CCN2CCNCC2)ccc2c1OCCCO2. The lowest BCUT2D eigenvalue weighted by atomic mass is 10.1. The zero-order valence-electron chi connectivity index (χ0n) is 11.7. The Labute approximate surface area is 125 Å². The summed E-state index contributed by atoms with van der Waals surface area (Å²) in [6, 6.07) is 4.05. The molecule has 0 amide bonds.